The molecular weight excluding hydrogens is 292 g/mol. The van der Waals surface area contributed by atoms with Crippen LogP contribution in [0, 0.1) is 13.8 Å². The van der Waals surface area contributed by atoms with Crippen LogP contribution in [0.4, 0.5) is 0 Å². The Morgan fingerprint density at radius 1 is 1.44 bits per heavy atom. The minimum atomic E-state index is -3.39. The maximum atomic E-state index is 12.1. The van der Waals surface area contributed by atoms with Crippen molar-refractivity contribution in [3.8, 4) is 0 Å². The van der Waals surface area contributed by atoms with Gasteiger partial charge in [-0.15, -0.1) is 23.7 Å². The predicted octanol–water partition coefficient (Wildman–Crippen LogP) is 1.95. The van der Waals surface area contributed by atoms with Gasteiger partial charge in [0.25, 0.3) is 0 Å². The zero-order chi connectivity index (χ0) is 12.7. The molecule has 1 aromatic rings. The first-order chi connectivity index (χ1) is 7.82. The summed E-state index contributed by atoms with van der Waals surface area (Å²) in [5.41, 5.74) is 6.49. The fourth-order valence-electron chi connectivity index (χ4n) is 2.00. The summed E-state index contributed by atoms with van der Waals surface area (Å²) >= 11 is 1.31. The van der Waals surface area contributed by atoms with Crippen LogP contribution < -0.4 is 10.5 Å². The number of aryl methyl sites for hydroxylation is 2. The van der Waals surface area contributed by atoms with Crippen LogP contribution in [0.15, 0.2) is 10.3 Å². The van der Waals surface area contributed by atoms with Gasteiger partial charge in [-0.3, -0.25) is 0 Å². The Balaban J connectivity index is 0.00000162. The second kappa shape index (κ2) is 5.46. The van der Waals surface area contributed by atoms with Crippen LogP contribution in [0.2, 0.25) is 0 Å². The summed E-state index contributed by atoms with van der Waals surface area (Å²) in [6.45, 7) is 4.07. The lowest BCUT2D eigenvalue weighted by Crippen LogP contribution is -2.54. The van der Waals surface area contributed by atoms with E-state index in [1.165, 1.54) is 11.3 Å². The zero-order valence-electron chi connectivity index (χ0n) is 10.5. The molecule has 2 rings (SSSR count). The Morgan fingerprint density at radius 3 is 2.44 bits per heavy atom. The first-order valence-electron chi connectivity index (χ1n) is 5.68. The van der Waals surface area contributed by atoms with Crippen molar-refractivity contribution in [3.05, 3.63) is 16.5 Å². The quantitative estimate of drug-likeness (QED) is 0.893. The van der Waals surface area contributed by atoms with E-state index in [0.29, 0.717) is 10.8 Å². The van der Waals surface area contributed by atoms with E-state index in [1.54, 1.807) is 0 Å². The Hall–Kier alpha value is -0.140. The molecular formula is C11H19ClN2O2S2. The Kier molecular flexibility index (Phi) is 4.83. The van der Waals surface area contributed by atoms with Crippen LogP contribution >= 0.6 is 23.7 Å². The number of halogens is 1. The normalized spacial score (nSPS) is 17.9. The average molecular weight is 311 g/mol. The van der Waals surface area contributed by atoms with Crippen molar-refractivity contribution in [2.75, 3.05) is 6.54 Å². The molecule has 0 aliphatic heterocycles. The number of nitrogens with one attached hydrogen (secondary N) is 1. The number of sulfonamides is 1. The summed E-state index contributed by atoms with van der Waals surface area (Å²) in [7, 11) is -3.39. The van der Waals surface area contributed by atoms with Gasteiger partial charge in [0.2, 0.25) is 10.0 Å². The van der Waals surface area contributed by atoms with Gasteiger partial charge in [-0.1, -0.05) is 0 Å². The number of nitrogens with two attached hydrogens (primary N) is 1. The van der Waals surface area contributed by atoms with Gasteiger partial charge in [0, 0.05) is 17.0 Å². The van der Waals surface area contributed by atoms with E-state index in [4.69, 9.17) is 5.73 Å². The molecule has 0 radical (unpaired) electrons. The number of hydrogen-bond acceptors (Lipinski definition) is 4. The average Bonchev–Trinajstić information content (AvgIpc) is 2.53. The Bertz CT molecular complexity index is 521. The predicted molar refractivity (Wildman–Crippen MR) is 77.0 cm³/mol. The Labute approximate surface area is 118 Å². The third-order valence-electron chi connectivity index (χ3n) is 3.20. The van der Waals surface area contributed by atoms with Crippen LogP contribution in [0.5, 0.6) is 0 Å². The van der Waals surface area contributed by atoms with E-state index in [1.807, 2.05) is 19.9 Å². The third-order valence-corrected chi connectivity index (χ3v) is 6.39. The highest BCUT2D eigenvalue weighted by molar-refractivity contribution is 7.91. The monoisotopic (exact) mass is 310 g/mol. The van der Waals surface area contributed by atoms with Crippen molar-refractivity contribution in [1.29, 1.82) is 0 Å². The number of thiophene rings is 1. The molecule has 0 aromatic carbocycles. The molecule has 1 aliphatic rings. The molecule has 7 heteroatoms. The molecule has 0 atom stereocenters. The number of rotatable bonds is 4. The zero-order valence-corrected chi connectivity index (χ0v) is 13.0. The topological polar surface area (TPSA) is 72.2 Å². The second-order valence-corrected chi connectivity index (χ2v) is 8.09. The molecule has 104 valence electrons. The summed E-state index contributed by atoms with van der Waals surface area (Å²) in [6.07, 6.45) is 2.89. The SMILES string of the molecule is Cc1cc(C)c(S(=O)(=O)NCC2(N)CCC2)s1.Cl. The highest BCUT2D eigenvalue weighted by Crippen LogP contribution is 2.30. The van der Waals surface area contributed by atoms with E-state index < -0.39 is 10.0 Å². The van der Waals surface area contributed by atoms with Crippen LogP contribution in [-0.4, -0.2) is 20.5 Å². The lowest BCUT2D eigenvalue weighted by atomic mass is 9.78. The van der Waals surface area contributed by atoms with Gasteiger partial charge in [-0.25, -0.2) is 13.1 Å². The molecule has 1 aromatic heterocycles. The summed E-state index contributed by atoms with van der Waals surface area (Å²) in [5, 5.41) is 0. The van der Waals surface area contributed by atoms with Crippen LogP contribution in [0.1, 0.15) is 29.7 Å². The molecule has 1 aliphatic carbocycles. The minimum Gasteiger partial charge on any atom is -0.324 e. The van der Waals surface area contributed by atoms with Gasteiger partial charge in [0.15, 0.2) is 0 Å². The molecule has 0 spiro atoms. The number of hydrogen-bond donors (Lipinski definition) is 2. The fourth-order valence-corrected chi connectivity index (χ4v) is 4.85. The van der Waals surface area contributed by atoms with Gasteiger partial charge in [-0.2, -0.15) is 0 Å². The second-order valence-electron chi connectivity index (χ2n) is 4.87. The van der Waals surface area contributed by atoms with Crippen LogP contribution in [-0.2, 0) is 10.0 Å². The lowest BCUT2D eigenvalue weighted by Gasteiger charge is -2.37. The molecule has 0 amide bonds. The van der Waals surface area contributed by atoms with Crippen molar-refractivity contribution in [2.24, 2.45) is 5.73 Å². The first-order valence-corrected chi connectivity index (χ1v) is 7.98. The largest absolute Gasteiger partial charge is 0.324 e. The molecule has 0 saturated heterocycles. The van der Waals surface area contributed by atoms with Gasteiger partial charge in [0.05, 0.1) is 0 Å². The van der Waals surface area contributed by atoms with Gasteiger partial charge in [-0.05, 0) is 44.7 Å². The molecule has 1 heterocycles. The van der Waals surface area contributed by atoms with Crippen molar-refractivity contribution in [3.63, 3.8) is 0 Å². The smallest absolute Gasteiger partial charge is 0.250 e. The van der Waals surface area contributed by atoms with Crippen molar-refractivity contribution in [2.45, 2.75) is 42.9 Å². The Morgan fingerprint density at radius 2 is 2.06 bits per heavy atom. The van der Waals surface area contributed by atoms with Gasteiger partial charge in [0.1, 0.15) is 4.21 Å². The standard InChI is InChI=1S/C11H18N2O2S2.ClH/c1-8-6-9(2)16-10(8)17(14,15)13-7-11(12)4-3-5-11;/h6,13H,3-5,7,12H2,1-2H3;1H. The van der Waals surface area contributed by atoms with E-state index in [0.717, 1.165) is 29.7 Å². The van der Waals surface area contributed by atoms with Crippen LogP contribution in [0.3, 0.4) is 0 Å². The highest BCUT2D eigenvalue weighted by atomic mass is 35.5. The molecule has 0 bridgehead atoms. The van der Waals surface area contributed by atoms with Gasteiger partial charge < -0.3 is 5.73 Å². The van der Waals surface area contributed by atoms with E-state index in [-0.39, 0.29) is 17.9 Å². The summed E-state index contributed by atoms with van der Waals surface area (Å²) in [6, 6.07) is 1.89. The molecule has 1 fully saturated rings. The summed E-state index contributed by atoms with van der Waals surface area (Å²) < 4.78 is 27.2. The maximum Gasteiger partial charge on any atom is 0.250 e. The van der Waals surface area contributed by atoms with Crippen molar-refractivity contribution >= 4 is 33.8 Å². The van der Waals surface area contributed by atoms with E-state index >= 15 is 0 Å². The molecule has 1 saturated carbocycles. The summed E-state index contributed by atoms with van der Waals surface area (Å²) in [4.78, 5) is 1.01. The highest BCUT2D eigenvalue weighted by Gasteiger charge is 2.34. The molecule has 4 nitrogen and oxygen atoms in total. The molecule has 0 unspecified atom stereocenters. The minimum absolute atomic E-state index is 0. The van der Waals surface area contributed by atoms with Crippen LogP contribution in [0.25, 0.3) is 0 Å². The van der Waals surface area contributed by atoms with E-state index in [2.05, 4.69) is 4.72 Å². The van der Waals surface area contributed by atoms with Gasteiger partial charge >= 0.3 is 0 Å². The molecule has 3 N–H and O–H groups in total. The van der Waals surface area contributed by atoms with Crippen molar-refractivity contribution in [1.82, 2.24) is 4.72 Å². The maximum absolute atomic E-state index is 12.1. The lowest BCUT2D eigenvalue weighted by molar-refractivity contribution is 0.251. The van der Waals surface area contributed by atoms with E-state index in [9.17, 15) is 8.42 Å². The fraction of sp³-hybridized carbons (Fsp3) is 0.636. The third kappa shape index (κ3) is 3.24. The van der Waals surface area contributed by atoms with Crippen molar-refractivity contribution < 1.29 is 8.42 Å². The summed E-state index contributed by atoms with van der Waals surface area (Å²) in [5.74, 6) is 0. The first kappa shape index (κ1) is 15.9. The molecule has 18 heavy (non-hydrogen) atoms.